The molecular formula is C18H15N3O3. The minimum Gasteiger partial charge on any atom is -0.481 e. The smallest absolute Gasteiger partial charge is 0.314 e. The highest BCUT2D eigenvalue weighted by molar-refractivity contribution is 6.04. The van der Waals surface area contributed by atoms with Crippen molar-refractivity contribution in [1.82, 2.24) is 4.98 Å². The van der Waals surface area contributed by atoms with Crippen LogP contribution in [0, 0.1) is 11.3 Å². The number of rotatable bonds is 4. The number of carbonyl (C=O) groups excluding carboxylic acids is 1. The summed E-state index contributed by atoms with van der Waals surface area (Å²) in [5.74, 6) is -0.865. The molecule has 1 amide bonds. The number of hydrogen-bond acceptors (Lipinski definition) is 4. The number of amides is 1. The second-order valence-corrected chi connectivity index (χ2v) is 5.82. The molecule has 24 heavy (non-hydrogen) atoms. The van der Waals surface area contributed by atoms with Gasteiger partial charge in [-0.2, -0.15) is 5.26 Å². The number of aliphatic carboxylic acids is 1. The maximum Gasteiger partial charge on any atom is 0.314 e. The van der Waals surface area contributed by atoms with Crippen molar-refractivity contribution >= 4 is 17.7 Å². The molecule has 0 spiro atoms. The van der Waals surface area contributed by atoms with E-state index in [1.165, 1.54) is 12.3 Å². The fraction of sp³-hybridized carbons (Fsp3) is 0.222. The van der Waals surface area contributed by atoms with Gasteiger partial charge in [-0.1, -0.05) is 18.6 Å². The van der Waals surface area contributed by atoms with Crippen LogP contribution in [0.4, 0.5) is 5.82 Å². The number of nitrogens with one attached hydrogen (secondary N) is 1. The molecule has 1 fully saturated rings. The zero-order valence-electron chi connectivity index (χ0n) is 12.8. The highest BCUT2D eigenvalue weighted by Crippen LogP contribution is 2.43. The summed E-state index contributed by atoms with van der Waals surface area (Å²) in [6.45, 7) is 0. The summed E-state index contributed by atoms with van der Waals surface area (Å²) in [6, 6.07) is 11.6. The van der Waals surface area contributed by atoms with Crippen molar-refractivity contribution in [2.75, 3.05) is 5.32 Å². The van der Waals surface area contributed by atoms with Crippen LogP contribution in [-0.2, 0) is 10.2 Å². The molecular weight excluding hydrogens is 306 g/mol. The van der Waals surface area contributed by atoms with E-state index in [0.29, 0.717) is 35.3 Å². The average Bonchev–Trinajstić information content (AvgIpc) is 2.55. The van der Waals surface area contributed by atoms with Gasteiger partial charge in [0.05, 0.1) is 17.0 Å². The van der Waals surface area contributed by atoms with Crippen molar-refractivity contribution in [3.8, 4) is 6.07 Å². The fourth-order valence-corrected chi connectivity index (χ4v) is 2.83. The molecule has 1 saturated carbocycles. The molecule has 120 valence electrons. The summed E-state index contributed by atoms with van der Waals surface area (Å²) in [7, 11) is 0. The summed E-state index contributed by atoms with van der Waals surface area (Å²) in [5.41, 5.74) is 0.586. The topological polar surface area (TPSA) is 103 Å². The van der Waals surface area contributed by atoms with Crippen LogP contribution < -0.4 is 5.32 Å². The van der Waals surface area contributed by atoms with Gasteiger partial charge < -0.3 is 10.4 Å². The third-order valence-electron chi connectivity index (χ3n) is 4.43. The number of hydrogen-bond donors (Lipinski definition) is 2. The van der Waals surface area contributed by atoms with E-state index in [9.17, 15) is 14.7 Å². The minimum atomic E-state index is -0.837. The molecule has 6 nitrogen and oxygen atoms in total. The van der Waals surface area contributed by atoms with Crippen molar-refractivity contribution in [3.63, 3.8) is 0 Å². The van der Waals surface area contributed by atoms with Crippen molar-refractivity contribution in [2.24, 2.45) is 0 Å². The molecule has 1 aliphatic carbocycles. The van der Waals surface area contributed by atoms with Gasteiger partial charge in [0.15, 0.2) is 0 Å². The normalized spacial score (nSPS) is 15.0. The van der Waals surface area contributed by atoms with Crippen LogP contribution in [0.5, 0.6) is 0 Å². The van der Waals surface area contributed by atoms with Crippen LogP contribution in [0.2, 0.25) is 0 Å². The van der Waals surface area contributed by atoms with Gasteiger partial charge in [0, 0.05) is 11.8 Å². The number of nitriles is 1. The lowest BCUT2D eigenvalue weighted by atomic mass is 9.65. The highest BCUT2D eigenvalue weighted by Gasteiger charge is 2.46. The van der Waals surface area contributed by atoms with E-state index in [2.05, 4.69) is 10.3 Å². The van der Waals surface area contributed by atoms with Crippen LogP contribution in [0.1, 0.15) is 40.7 Å². The Hall–Kier alpha value is -3.20. The van der Waals surface area contributed by atoms with Crippen LogP contribution in [0.25, 0.3) is 0 Å². The van der Waals surface area contributed by atoms with Crippen molar-refractivity contribution in [2.45, 2.75) is 24.7 Å². The van der Waals surface area contributed by atoms with Crippen molar-refractivity contribution < 1.29 is 14.7 Å². The molecule has 1 aromatic heterocycles. The fourth-order valence-electron chi connectivity index (χ4n) is 2.83. The zero-order valence-corrected chi connectivity index (χ0v) is 12.8. The van der Waals surface area contributed by atoms with Gasteiger partial charge in [0.25, 0.3) is 5.91 Å². The van der Waals surface area contributed by atoms with Crippen LogP contribution in [0.15, 0.2) is 42.6 Å². The van der Waals surface area contributed by atoms with Crippen molar-refractivity contribution in [3.05, 3.63) is 59.3 Å². The Kier molecular flexibility index (Phi) is 4.00. The third kappa shape index (κ3) is 2.72. The Morgan fingerprint density at radius 1 is 1.25 bits per heavy atom. The number of carboxylic acid groups (broad SMARTS) is 1. The first-order chi connectivity index (χ1) is 11.5. The largest absolute Gasteiger partial charge is 0.481 e. The first-order valence-electron chi connectivity index (χ1n) is 7.57. The molecule has 6 heteroatoms. The molecule has 1 aliphatic rings. The molecule has 0 unspecified atom stereocenters. The molecule has 0 atom stereocenters. The molecule has 1 aromatic carbocycles. The molecule has 1 heterocycles. The molecule has 3 rings (SSSR count). The predicted octanol–water partition coefficient (Wildman–Crippen LogP) is 2.71. The molecule has 0 radical (unpaired) electrons. The standard InChI is InChI=1S/C18H15N3O3/c19-10-12-3-1-4-13(9-12)16(22)21-15-6-5-14(11-20-15)18(17(23)24)7-2-8-18/h1,3-6,9,11H,2,7-8H2,(H,23,24)(H,20,21,22). The summed E-state index contributed by atoms with van der Waals surface area (Å²) in [4.78, 5) is 27.8. The van der Waals surface area contributed by atoms with E-state index in [-0.39, 0.29) is 5.91 Å². The van der Waals surface area contributed by atoms with Crippen LogP contribution >= 0.6 is 0 Å². The maximum atomic E-state index is 12.2. The van der Waals surface area contributed by atoms with E-state index >= 15 is 0 Å². The summed E-state index contributed by atoms with van der Waals surface area (Å²) in [5, 5.41) is 20.9. The monoisotopic (exact) mass is 321 g/mol. The number of benzene rings is 1. The molecule has 0 bridgehead atoms. The van der Waals surface area contributed by atoms with Gasteiger partial charge in [0.2, 0.25) is 0 Å². The summed E-state index contributed by atoms with van der Waals surface area (Å²) >= 11 is 0. The second kappa shape index (κ2) is 6.13. The lowest BCUT2D eigenvalue weighted by Crippen LogP contribution is -2.42. The third-order valence-corrected chi connectivity index (χ3v) is 4.43. The van der Waals surface area contributed by atoms with E-state index in [1.807, 2.05) is 6.07 Å². The number of anilines is 1. The van der Waals surface area contributed by atoms with Gasteiger partial charge in [-0.05, 0) is 42.7 Å². The number of pyridine rings is 1. The van der Waals surface area contributed by atoms with Crippen LogP contribution in [-0.4, -0.2) is 22.0 Å². The van der Waals surface area contributed by atoms with E-state index in [0.717, 1.165) is 6.42 Å². The van der Waals surface area contributed by atoms with Crippen LogP contribution in [0.3, 0.4) is 0 Å². The minimum absolute atomic E-state index is 0.339. The second-order valence-electron chi connectivity index (χ2n) is 5.82. The SMILES string of the molecule is N#Cc1cccc(C(=O)Nc2ccc(C3(C(=O)O)CCC3)cn2)c1. The van der Waals surface area contributed by atoms with E-state index in [4.69, 9.17) is 5.26 Å². The average molecular weight is 321 g/mol. The Morgan fingerprint density at radius 2 is 2.04 bits per heavy atom. The highest BCUT2D eigenvalue weighted by atomic mass is 16.4. The number of nitrogens with zero attached hydrogens (tertiary/aromatic N) is 2. The predicted molar refractivity (Wildman–Crippen MR) is 86.5 cm³/mol. The maximum absolute atomic E-state index is 12.2. The molecule has 2 N–H and O–H groups in total. The van der Waals surface area contributed by atoms with Gasteiger partial charge in [-0.15, -0.1) is 0 Å². The first kappa shape index (κ1) is 15.7. The summed E-state index contributed by atoms with van der Waals surface area (Å²) < 4.78 is 0. The van der Waals surface area contributed by atoms with Gasteiger partial charge in [0.1, 0.15) is 5.82 Å². The van der Waals surface area contributed by atoms with E-state index < -0.39 is 11.4 Å². The van der Waals surface area contributed by atoms with Gasteiger partial charge in [-0.3, -0.25) is 9.59 Å². The van der Waals surface area contributed by atoms with Gasteiger partial charge in [-0.25, -0.2) is 4.98 Å². The molecule has 0 aliphatic heterocycles. The zero-order chi connectivity index (χ0) is 17.2. The molecule has 0 saturated heterocycles. The van der Waals surface area contributed by atoms with Crippen molar-refractivity contribution in [1.29, 1.82) is 5.26 Å². The molecule has 2 aromatic rings. The number of carbonyl (C=O) groups is 2. The Bertz CT molecular complexity index is 833. The van der Waals surface area contributed by atoms with E-state index in [1.54, 1.807) is 30.3 Å². The Morgan fingerprint density at radius 3 is 2.58 bits per heavy atom. The Labute approximate surface area is 138 Å². The Balaban J connectivity index is 1.76. The number of aromatic nitrogens is 1. The lowest BCUT2D eigenvalue weighted by molar-refractivity contribution is -0.147. The quantitative estimate of drug-likeness (QED) is 0.901. The summed E-state index contributed by atoms with van der Waals surface area (Å²) in [6.07, 6.45) is 3.61. The number of carboxylic acids is 1. The first-order valence-corrected chi connectivity index (χ1v) is 7.57. The van der Waals surface area contributed by atoms with Gasteiger partial charge >= 0.3 is 5.97 Å². The lowest BCUT2D eigenvalue weighted by Gasteiger charge is -2.37.